The predicted octanol–water partition coefficient (Wildman–Crippen LogP) is 5.92. The summed E-state index contributed by atoms with van der Waals surface area (Å²) in [6, 6.07) is 4.50. The van der Waals surface area contributed by atoms with Crippen LogP contribution in [-0.4, -0.2) is 24.9 Å². The fourth-order valence-corrected chi connectivity index (χ4v) is 14.7. The van der Waals surface area contributed by atoms with Crippen molar-refractivity contribution >= 4 is 30.9 Å². The Bertz CT molecular complexity index is 1300. The molecule has 2 aromatic carbocycles. The maximum atomic E-state index is 16.7. The molecule has 0 heterocycles. The Labute approximate surface area is 229 Å². The number of allylic oxidation sites excluding steroid dienone is 8. The van der Waals surface area contributed by atoms with E-state index in [2.05, 4.69) is 0 Å². The predicted molar refractivity (Wildman–Crippen MR) is 143 cm³/mol. The Morgan fingerprint density at radius 3 is 1.28 bits per heavy atom. The van der Waals surface area contributed by atoms with Crippen molar-refractivity contribution in [3.63, 3.8) is 0 Å². The van der Waals surface area contributed by atoms with Gasteiger partial charge in [0, 0.05) is 0 Å². The minimum absolute atomic E-state index is 0.117. The zero-order valence-electron chi connectivity index (χ0n) is 22.2. The van der Waals surface area contributed by atoms with Crippen molar-refractivity contribution in [2.45, 2.75) is 36.1 Å². The summed E-state index contributed by atoms with van der Waals surface area (Å²) in [4.78, 5) is 27.1. The van der Waals surface area contributed by atoms with Crippen LogP contribution in [0.25, 0.3) is 0 Å². The van der Waals surface area contributed by atoms with Gasteiger partial charge in [-0.25, -0.2) is 0 Å². The number of nitrogens with zero attached hydrogens (tertiary/aromatic N) is 2. The van der Waals surface area contributed by atoms with Crippen LogP contribution in [0.2, 0.25) is 8.45 Å². The molecule has 204 valence electrons. The molecule has 0 N–H and O–H groups in total. The van der Waals surface area contributed by atoms with E-state index >= 15 is 17.6 Å². The van der Waals surface area contributed by atoms with E-state index in [4.69, 9.17) is 0 Å². The maximum absolute atomic E-state index is 16.7. The number of anilines is 2. The zero-order valence-corrected chi connectivity index (χ0v) is 23.8. The van der Waals surface area contributed by atoms with Crippen molar-refractivity contribution in [1.82, 2.24) is 0 Å². The van der Waals surface area contributed by atoms with Gasteiger partial charge in [-0.3, -0.25) is 0 Å². The summed E-state index contributed by atoms with van der Waals surface area (Å²) in [6.07, 6.45) is 13.7. The summed E-state index contributed by atoms with van der Waals surface area (Å²) in [6.45, 7) is 6.10. The van der Waals surface area contributed by atoms with Crippen LogP contribution in [0.5, 0.6) is 0 Å². The van der Waals surface area contributed by atoms with Gasteiger partial charge < -0.3 is 0 Å². The third-order valence-electron chi connectivity index (χ3n) is 7.49. The van der Waals surface area contributed by atoms with Crippen molar-refractivity contribution in [2.75, 3.05) is 22.9 Å². The second-order valence-corrected chi connectivity index (χ2v) is 15.9. The molecular weight excluding hydrogens is 544 g/mol. The first-order valence-electron chi connectivity index (χ1n) is 12.8. The molecule has 0 fully saturated rings. The van der Waals surface area contributed by atoms with Crippen molar-refractivity contribution < 1.29 is 43.7 Å². The third kappa shape index (κ3) is 4.74. The number of carbonyl (C=O) groups excluding carboxylic acids is 2. The molecule has 9 heteroatoms. The van der Waals surface area contributed by atoms with E-state index in [0.717, 1.165) is 12.1 Å². The summed E-state index contributed by atoms with van der Waals surface area (Å²) in [5.41, 5.74) is -0.298. The molecule has 2 aliphatic carbocycles. The van der Waals surface area contributed by atoms with Crippen molar-refractivity contribution in [3.8, 4) is 0 Å². The average molecular weight is 574 g/mol. The van der Waals surface area contributed by atoms with Gasteiger partial charge in [0.2, 0.25) is 0 Å². The normalized spacial score (nSPS) is 15.0. The zero-order chi connectivity index (χ0) is 28.5. The molecule has 0 spiro atoms. The standard InChI is InChI=1S/2C10H10F2NO.2C5H5.Ti/c2*1-3-13(7(2)14)10-5-4-8(11)6-9(10)12;2*1-2-4-5-3-1;/h2*4-5H,3H2,1-2H3;2*1-5H;. The summed E-state index contributed by atoms with van der Waals surface area (Å²) >= 11 is -5.02. The van der Waals surface area contributed by atoms with Crippen LogP contribution in [0, 0.1) is 23.3 Å². The van der Waals surface area contributed by atoms with E-state index in [1.165, 1.54) is 35.8 Å². The first-order valence-corrected chi connectivity index (χ1v) is 16.2. The summed E-state index contributed by atoms with van der Waals surface area (Å²) < 4.78 is 63.5. The van der Waals surface area contributed by atoms with E-state index < -0.39 is 60.1 Å². The van der Waals surface area contributed by atoms with Gasteiger partial charge in [-0.15, -0.1) is 0 Å². The van der Waals surface area contributed by atoms with Crippen LogP contribution in [0.3, 0.4) is 0 Å². The second kappa shape index (κ2) is 11.5. The van der Waals surface area contributed by atoms with Crippen LogP contribution in [0.1, 0.15) is 27.7 Å². The Morgan fingerprint density at radius 1 is 0.667 bits per heavy atom. The van der Waals surface area contributed by atoms with Gasteiger partial charge in [-0.05, 0) is 0 Å². The number of amides is 2. The quantitative estimate of drug-likeness (QED) is 0.290. The molecule has 4 rings (SSSR count). The summed E-state index contributed by atoms with van der Waals surface area (Å²) in [7, 11) is 0. The average Bonchev–Trinajstić information content (AvgIpc) is 3.61. The Kier molecular flexibility index (Phi) is 8.47. The number of hydrogen-bond acceptors (Lipinski definition) is 2. The minimum atomic E-state index is -5.02. The molecule has 2 aromatic rings. The molecule has 4 nitrogen and oxygen atoms in total. The fourth-order valence-electron chi connectivity index (χ4n) is 5.87. The summed E-state index contributed by atoms with van der Waals surface area (Å²) in [5.74, 6) is -4.77. The Morgan fingerprint density at radius 2 is 1.00 bits per heavy atom. The molecule has 0 atom stereocenters. The Balaban J connectivity index is 2.20. The van der Waals surface area contributed by atoms with E-state index in [1.807, 2.05) is 0 Å². The van der Waals surface area contributed by atoms with Gasteiger partial charge in [0.15, 0.2) is 0 Å². The van der Waals surface area contributed by atoms with E-state index in [9.17, 15) is 9.59 Å². The Hall–Kier alpha value is -3.23. The molecule has 0 radical (unpaired) electrons. The number of rotatable bonds is 8. The molecule has 0 unspecified atom stereocenters. The second-order valence-electron chi connectivity index (χ2n) is 9.50. The first kappa shape index (κ1) is 28.8. The molecule has 39 heavy (non-hydrogen) atoms. The summed E-state index contributed by atoms with van der Waals surface area (Å²) in [5, 5.41) is 0. The number of hydrogen-bond donors (Lipinski definition) is 0. The van der Waals surface area contributed by atoms with Gasteiger partial charge in [0.05, 0.1) is 0 Å². The van der Waals surface area contributed by atoms with Gasteiger partial charge >= 0.3 is 230 Å². The van der Waals surface area contributed by atoms with Crippen LogP contribution >= 0.6 is 0 Å². The molecule has 0 aliphatic heterocycles. The van der Waals surface area contributed by atoms with E-state index in [0.29, 0.717) is 0 Å². The van der Waals surface area contributed by atoms with Gasteiger partial charge in [-0.1, -0.05) is 0 Å². The topological polar surface area (TPSA) is 40.6 Å². The van der Waals surface area contributed by atoms with Crippen LogP contribution < -0.4 is 17.5 Å². The molecule has 0 saturated heterocycles. The third-order valence-corrected chi connectivity index (χ3v) is 16.0. The molecular formula is C30H30F4N2O2Ti. The SMILES string of the molecule is CCN(C(C)=O)c1ccc(F)[c]([Ti]([c]2c(F)ccc(N(CC)C(C)=O)c2F)([CH]2C=CC=C2)[CH]2C=CC=C2)c1F. The fraction of sp³-hybridized carbons (Fsp3) is 0.267. The molecule has 2 amide bonds. The first-order chi connectivity index (χ1) is 18.6. The van der Waals surface area contributed by atoms with Crippen LogP contribution in [0.15, 0.2) is 72.9 Å². The molecule has 2 aliphatic rings. The number of carbonyl (C=O) groups is 2. The van der Waals surface area contributed by atoms with Crippen LogP contribution in [0.4, 0.5) is 28.9 Å². The van der Waals surface area contributed by atoms with E-state index in [-0.39, 0.29) is 32.2 Å². The monoisotopic (exact) mass is 574 g/mol. The molecule has 0 aromatic heterocycles. The van der Waals surface area contributed by atoms with Crippen LogP contribution in [-0.2, 0) is 26.2 Å². The number of halogens is 4. The van der Waals surface area contributed by atoms with Crippen molar-refractivity contribution in [2.24, 2.45) is 0 Å². The van der Waals surface area contributed by atoms with Gasteiger partial charge in [-0.2, -0.15) is 0 Å². The van der Waals surface area contributed by atoms with Gasteiger partial charge in [0.1, 0.15) is 0 Å². The molecule has 0 bridgehead atoms. The van der Waals surface area contributed by atoms with Crippen molar-refractivity contribution in [1.29, 1.82) is 0 Å². The van der Waals surface area contributed by atoms with E-state index in [1.54, 1.807) is 62.5 Å². The van der Waals surface area contributed by atoms with Crippen molar-refractivity contribution in [3.05, 3.63) is 96.1 Å². The molecule has 0 saturated carbocycles. The number of benzene rings is 2. The van der Waals surface area contributed by atoms with Gasteiger partial charge in [0.25, 0.3) is 0 Å².